The van der Waals surface area contributed by atoms with E-state index in [4.69, 9.17) is 21.1 Å². The minimum atomic E-state index is 0.258. The highest BCUT2D eigenvalue weighted by Crippen LogP contribution is 2.35. The monoisotopic (exact) mass is 276 g/mol. The van der Waals surface area contributed by atoms with Gasteiger partial charge in [-0.2, -0.15) is 0 Å². The summed E-state index contributed by atoms with van der Waals surface area (Å²) < 4.78 is 10.6. The highest BCUT2D eigenvalue weighted by molar-refractivity contribution is 6.30. The van der Waals surface area contributed by atoms with E-state index < -0.39 is 0 Å². The maximum Gasteiger partial charge on any atom is 0.231 e. The number of aryl methyl sites for hydroxylation is 1. The fraction of sp³-hybridized carbons (Fsp3) is 0.286. The molecule has 3 rings (SSSR count). The molecule has 0 radical (unpaired) electrons. The maximum absolute atomic E-state index is 6.19. The largest absolute Gasteiger partial charge is 0.454 e. The molecule has 5 heteroatoms. The first-order chi connectivity index (χ1) is 9.19. The van der Waals surface area contributed by atoms with E-state index >= 15 is 0 Å². The van der Waals surface area contributed by atoms with E-state index in [1.807, 2.05) is 32.0 Å². The lowest BCUT2D eigenvalue weighted by Gasteiger charge is -2.08. The van der Waals surface area contributed by atoms with Crippen LogP contribution in [0, 0.1) is 6.92 Å². The third kappa shape index (κ3) is 2.12. The number of hydrogen-bond acceptors (Lipinski definition) is 4. The van der Waals surface area contributed by atoms with Crippen LogP contribution < -0.4 is 9.47 Å². The van der Waals surface area contributed by atoms with Gasteiger partial charge in [-0.25, -0.2) is 9.97 Å². The summed E-state index contributed by atoms with van der Waals surface area (Å²) in [6, 6.07) is 5.64. The van der Waals surface area contributed by atoms with Crippen LogP contribution >= 0.6 is 11.6 Å². The molecule has 0 spiro atoms. The standard InChI is InChI=1S/C14H13ClN2O2/c1-3-10-8(2)16-14(17-13(10)15)9-4-5-11-12(6-9)19-7-18-11/h4-6H,3,7H2,1-2H3. The number of nitrogens with zero attached hydrogens (tertiary/aromatic N) is 2. The van der Waals surface area contributed by atoms with E-state index in [2.05, 4.69) is 9.97 Å². The molecule has 0 saturated carbocycles. The molecule has 2 aromatic rings. The Kier molecular flexibility index (Phi) is 3.03. The fourth-order valence-corrected chi connectivity index (χ4v) is 2.48. The van der Waals surface area contributed by atoms with Crippen molar-refractivity contribution in [2.45, 2.75) is 20.3 Å². The van der Waals surface area contributed by atoms with Crippen molar-refractivity contribution < 1.29 is 9.47 Å². The lowest BCUT2D eigenvalue weighted by molar-refractivity contribution is 0.174. The van der Waals surface area contributed by atoms with Crippen molar-refractivity contribution in [2.75, 3.05) is 6.79 Å². The highest BCUT2D eigenvalue weighted by atomic mass is 35.5. The van der Waals surface area contributed by atoms with Gasteiger partial charge in [0.2, 0.25) is 6.79 Å². The Labute approximate surface area is 116 Å². The summed E-state index contributed by atoms with van der Waals surface area (Å²) in [6.07, 6.45) is 0.825. The predicted octanol–water partition coefficient (Wildman–Crippen LogP) is 3.40. The van der Waals surface area contributed by atoms with Crippen molar-refractivity contribution in [1.29, 1.82) is 0 Å². The molecule has 0 aliphatic carbocycles. The third-order valence-electron chi connectivity index (χ3n) is 3.15. The van der Waals surface area contributed by atoms with E-state index in [1.165, 1.54) is 0 Å². The first-order valence-electron chi connectivity index (χ1n) is 6.12. The Morgan fingerprint density at radius 3 is 2.74 bits per heavy atom. The zero-order valence-electron chi connectivity index (χ0n) is 10.7. The molecule has 1 aromatic heterocycles. The third-order valence-corrected chi connectivity index (χ3v) is 3.46. The number of ether oxygens (including phenoxy) is 2. The van der Waals surface area contributed by atoms with Gasteiger partial charge in [0.25, 0.3) is 0 Å². The zero-order chi connectivity index (χ0) is 13.4. The van der Waals surface area contributed by atoms with Crippen molar-refractivity contribution in [3.63, 3.8) is 0 Å². The highest BCUT2D eigenvalue weighted by Gasteiger charge is 2.16. The second-order valence-corrected chi connectivity index (χ2v) is 4.68. The summed E-state index contributed by atoms with van der Waals surface area (Å²) >= 11 is 6.19. The van der Waals surface area contributed by atoms with Gasteiger partial charge in [0.1, 0.15) is 5.15 Å². The smallest absolute Gasteiger partial charge is 0.231 e. The van der Waals surface area contributed by atoms with Crippen molar-refractivity contribution in [3.05, 3.63) is 34.6 Å². The van der Waals surface area contributed by atoms with Crippen LogP contribution in [0.1, 0.15) is 18.2 Å². The number of halogens is 1. The van der Waals surface area contributed by atoms with Gasteiger partial charge in [-0.1, -0.05) is 18.5 Å². The molecule has 0 amide bonds. The van der Waals surface area contributed by atoms with Gasteiger partial charge in [-0.3, -0.25) is 0 Å². The lowest BCUT2D eigenvalue weighted by Crippen LogP contribution is -1.99. The Morgan fingerprint density at radius 1 is 1.21 bits per heavy atom. The van der Waals surface area contributed by atoms with Crippen LogP contribution in [0.3, 0.4) is 0 Å². The Bertz CT molecular complexity index is 620. The van der Waals surface area contributed by atoms with Gasteiger partial charge in [-0.15, -0.1) is 0 Å². The molecule has 0 atom stereocenters. The average Bonchev–Trinajstić information content (AvgIpc) is 2.85. The first kappa shape index (κ1) is 12.2. The van der Waals surface area contributed by atoms with Gasteiger partial charge >= 0.3 is 0 Å². The van der Waals surface area contributed by atoms with Gasteiger partial charge in [0, 0.05) is 16.8 Å². The van der Waals surface area contributed by atoms with Crippen LogP contribution in [-0.2, 0) is 6.42 Å². The molecular weight excluding hydrogens is 264 g/mol. The number of fused-ring (bicyclic) bond motifs is 1. The second kappa shape index (κ2) is 4.70. The van der Waals surface area contributed by atoms with E-state index in [0.717, 1.165) is 34.7 Å². The lowest BCUT2D eigenvalue weighted by atomic mass is 10.1. The molecule has 1 aliphatic rings. The number of hydrogen-bond donors (Lipinski definition) is 0. The molecule has 1 aliphatic heterocycles. The van der Waals surface area contributed by atoms with Crippen molar-refractivity contribution in [3.8, 4) is 22.9 Å². The molecule has 0 unspecified atom stereocenters. The molecular formula is C14H13ClN2O2. The van der Waals surface area contributed by atoms with Crippen LogP contribution in [0.25, 0.3) is 11.4 Å². The minimum absolute atomic E-state index is 0.258. The van der Waals surface area contributed by atoms with Crippen LogP contribution in [0.2, 0.25) is 5.15 Å². The average molecular weight is 277 g/mol. The molecule has 1 aromatic carbocycles. The quantitative estimate of drug-likeness (QED) is 0.789. The summed E-state index contributed by atoms with van der Waals surface area (Å²) in [7, 11) is 0. The topological polar surface area (TPSA) is 44.2 Å². The predicted molar refractivity (Wildman–Crippen MR) is 72.7 cm³/mol. The van der Waals surface area contributed by atoms with Crippen LogP contribution in [-0.4, -0.2) is 16.8 Å². The van der Waals surface area contributed by atoms with Gasteiger partial charge in [-0.05, 0) is 31.5 Å². The first-order valence-corrected chi connectivity index (χ1v) is 6.50. The maximum atomic E-state index is 6.19. The Morgan fingerprint density at radius 2 is 2.00 bits per heavy atom. The number of aromatic nitrogens is 2. The van der Waals surface area contributed by atoms with E-state index in [1.54, 1.807) is 0 Å². The van der Waals surface area contributed by atoms with Crippen LogP contribution in [0.15, 0.2) is 18.2 Å². The summed E-state index contributed by atoms with van der Waals surface area (Å²) in [5.74, 6) is 2.07. The van der Waals surface area contributed by atoms with Gasteiger partial charge in [0.15, 0.2) is 17.3 Å². The molecule has 0 saturated heterocycles. The number of benzene rings is 1. The minimum Gasteiger partial charge on any atom is -0.454 e. The van der Waals surface area contributed by atoms with Crippen molar-refractivity contribution >= 4 is 11.6 Å². The van der Waals surface area contributed by atoms with E-state index in [0.29, 0.717) is 11.0 Å². The SMILES string of the molecule is CCc1c(C)nc(-c2ccc3c(c2)OCO3)nc1Cl. The Hall–Kier alpha value is -1.81. The fourth-order valence-electron chi connectivity index (χ4n) is 2.13. The molecule has 2 heterocycles. The molecule has 98 valence electrons. The van der Waals surface area contributed by atoms with Crippen LogP contribution in [0.5, 0.6) is 11.5 Å². The van der Waals surface area contributed by atoms with Crippen molar-refractivity contribution in [2.24, 2.45) is 0 Å². The second-order valence-electron chi connectivity index (χ2n) is 4.32. The molecule has 4 nitrogen and oxygen atoms in total. The molecule has 0 bridgehead atoms. The molecule has 0 N–H and O–H groups in total. The van der Waals surface area contributed by atoms with Gasteiger partial charge in [0.05, 0.1) is 0 Å². The van der Waals surface area contributed by atoms with Gasteiger partial charge < -0.3 is 9.47 Å². The summed E-state index contributed by atoms with van der Waals surface area (Å²) in [5.41, 5.74) is 2.78. The Balaban J connectivity index is 2.07. The summed E-state index contributed by atoms with van der Waals surface area (Å²) in [4.78, 5) is 8.87. The zero-order valence-corrected chi connectivity index (χ0v) is 11.5. The normalized spacial score (nSPS) is 12.8. The van der Waals surface area contributed by atoms with Crippen molar-refractivity contribution in [1.82, 2.24) is 9.97 Å². The summed E-state index contributed by atoms with van der Waals surface area (Å²) in [5, 5.41) is 0.516. The van der Waals surface area contributed by atoms with E-state index in [-0.39, 0.29) is 6.79 Å². The number of rotatable bonds is 2. The van der Waals surface area contributed by atoms with Crippen LogP contribution in [0.4, 0.5) is 0 Å². The van der Waals surface area contributed by atoms with E-state index in [9.17, 15) is 0 Å². The summed E-state index contributed by atoms with van der Waals surface area (Å²) in [6.45, 7) is 4.24. The molecule has 19 heavy (non-hydrogen) atoms. The molecule has 0 fully saturated rings.